The highest BCUT2D eigenvalue weighted by Gasteiger charge is 2.40. The highest BCUT2D eigenvalue weighted by molar-refractivity contribution is 7.07. The second-order valence-corrected chi connectivity index (χ2v) is 6.00. The third-order valence-corrected chi connectivity index (χ3v) is 4.77. The van der Waals surface area contributed by atoms with E-state index in [4.69, 9.17) is 9.47 Å². The third-order valence-electron chi connectivity index (χ3n) is 4.04. The number of nitrogens with one attached hydrogen (secondary N) is 1. The van der Waals surface area contributed by atoms with E-state index in [-0.39, 0.29) is 5.60 Å². The summed E-state index contributed by atoms with van der Waals surface area (Å²) in [7, 11) is 1.85. The Kier molecular flexibility index (Phi) is 5.82. The Balaban J connectivity index is 2.09. The molecule has 0 amide bonds. The molecule has 0 aliphatic carbocycles. The van der Waals surface area contributed by atoms with Crippen LogP contribution in [0.25, 0.3) is 0 Å². The minimum Gasteiger partial charge on any atom is -0.381 e. The highest BCUT2D eigenvalue weighted by atomic mass is 32.1. The zero-order valence-electron chi connectivity index (χ0n) is 12.0. The standard InChI is InChI=1S/C15H25NO2S/c1-3-7-16-14(11-13-4-10-19-12-13)15(17-2)5-8-18-9-6-15/h4,10,12,14,16H,3,5-9,11H2,1-2H3. The number of ether oxygens (including phenoxy) is 2. The van der Waals surface area contributed by atoms with Crippen molar-refractivity contribution in [2.24, 2.45) is 0 Å². The molecule has 108 valence electrons. The molecule has 2 rings (SSSR count). The van der Waals surface area contributed by atoms with E-state index >= 15 is 0 Å². The Morgan fingerprint density at radius 2 is 2.26 bits per heavy atom. The maximum absolute atomic E-state index is 5.95. The van der Waals surface area contributed by atoms with Gasteiger partial charge < -0.3 is 14.8 Å². The summed E-state index contributed by atoms with van der Waals surface area (Å²) in [6.45, 7) is 4.86. The van der Waals surface area contributed by atoms with E-state index in [1.165, 1.54) is 5.56 Å². The summed E-state index contributed by atoms with van der Waals surface area (Å²) >= 11 is 1.77. The van der Waals surface area contributed by atoms with Crippen molar-refractivity contribution in [3.05, 3.63) is 22.4 Å². The summed E-state index contributed by atoms with van der Waals surface area (Å²) in [6, 6.07) is 2.59. The highest BCUT2D eigenvalue weighted by Crippen LogP contribution is 2.30. The Hall–Kier alpha value is -0.420. The normalized spacial score (nSPS) is 20.3. The molecule has 19 heavy (non-hydrogen) atoms. The Morgan fingerprint density at radius 3 is 2.84 bits per heavy atom. The van der Waals surface area contributed by atoms with E-state index in [9.17, 15) is 0 Å². The summed E-state index contributed by atoms with van der Waals surface area (Å²) in [5.74, 6) is 0. The zero-order chi connectivity index (χ0) is 13.6. The van der Waals surface area contributed by atoms with E-state index in [0.717, 1.165) is 45.4 Å². The fourth-order valence-electron chi connectivity index (χ4n) is 2.82. The summed E-state index contributed by atoms with van der Waals surface area (Å²) < 4.78 is 11.5. The van der Waals surface area contributed by atoms with E-state index in [0.29, 0.717) is 6.04 Å². The van der Waals surface area contributed by atoms with Crippen LogP contribution < -0.4 is 5.32 Å². The van der Waals surface area contributed by atoms with Crippen LogP contribution in [0.3, 0.4) is 0 Å². The SMILES string of the molecule is CCCNC(Cc1ccsc1)C1(OC)CCOCC1. The van der Waals surface area contributed by atoms with Crippen LogP contribution >= 0.6 is 11.3 Å². The molecular formula is C15H25NO2S. The quantitative estimate of drug-likeness (QED) is 0.834. The van der Waals surface area contributed by atoms with E-state index in [1.807, 2.05) is 7.11 Å². The maximum Gasteiger partial charge on any atom is 0.0877 e. The van der Waals surface area contributed by atoms with Gasteiger partial charge in [-0.1, -0.05) is 6.92 Å². The van der Waals surface area contributed by atoms with Gasteiger partial charge in [0.1, 0.15) is 0 Å². The molecule has 0 saturated carbocycles. The molecule has 0 radical (unpaired) electrons. The Labute approximate surface area is 120 Å². The van der Waals surface area contributed by atoms with Crippen molar-refractivity contribution >= 4 is 11.3 Å². The lowest BCUT2D eigenvalue weighted by Gasteiger charge is -2.42. The van der Waals surface area contributed by atoms with Crippen LogP contribution in [0.5, 0.6) is 0 Å². The molecule has 1 aliphatic heterocycles. The lowest BCUT2D eigenvalue weighted by molar-refractivity contribution is -0.110. The van der Waals surface area contributed by atoms with Gasteiger partial charge >= 0.3 is 0 Å². The molecule has 1 aromatic heterocycles. The Bertz CT molecular complexity index is 347. The van der Waals surface area contributed by atoms with Crippen LogP contribution in [0, 0.1) is 0 Å². The lowest BCUT2D eigenvalue weighted by atomic mass is 9.83. The van der Waals surface area contributed by atoms with E-state index in [1.54, 1.807) is 11.3 Å². The molecule has 3 nitrogen and oxygen atoms in total. The van der Waals surface area contributed by atoms with Crippen molar-refractivity contribution in [3.8, 4) is 0 Å². The maximum atomic E-state index is 5.95. The molecular weight excluding hydrogens is 258 g/mol. The average molecular weight is 283 g/mol. The number of hydrogen-bond acceptors (Lipinski definition) is 4. The molecule has 2 heterocycles. The molecule has 1 aromatic rings. The topological polar surface area (TPSA) is 30.5 Å². The summed E-state index contributed by atoms with van der Waals surface area (Å²) in [6.07, 6.45) is 4.15. The van der Waals surface area contributed by atoms with Gasteiger partial charge in [-0.15, -0.1) is 0 Å². The summed E-state index contributed by atoms with van der Waals surface area (Å²) in [4.78, 5) is 0. The van der Waals surface area contributed by atoms with Crippen molar-refractivity contribution in [1.82, 2.24) is 5.32 Å². The molecule has 1 unspecified atom stereocenters. The second kappa shape index (κ2) is 7.39. The fraction of sp³-hybridized carbons (Fsp3) is 0.733. The first-order chi connectivity index (χ1) is 9.30. The van der Waals surface area contributed by atoms with E-state index in [2.05, 4.69) is 29.1 Å². The number of methoxy groups -OCH3 is 1. The molecule has 1 atom stereocenters. The van der Waals surface area contributed by atoms with Crippen molar-refractivity contribution < 1.29 is 9.47 Å². The second-order valence-electron chi connectivity index (χ2n) is 5.22. The minimum absolute atomic E-state index is 0.0741. The minimum atomic E-state index is -0.0741. The molecule has 1 N–H and O–H groups in total. The van der Waals surface area contributed by atoms with Crippen LogP contribution in [0.4, 0.5) is 0 Å². The lowest BCUT2D eigenvalue weighted by Crippen LogP contribution is -2.56. The third kappa shape index (κ3) is 3.78. The van der Waals surface area contributed by atoms with Crippen LogP contribution in [0.1, 0.15) is 31.7 Å². The molecule has 1 fully saturated rings. The number of thiophene rings is 1. The molecule has 4 heteroatoms. The van der Waals surface area contributed by atoms with Crippen molar-refractivity contribution in [3.63, 3.8) is 0 Å². The molecule has 0 spiro atoms. The number of hydrogen-bond donors (Lipinski definition) is 1. The smallest absolute Gasteiger partial charge is 0.0877 e. The molecule has 1 aliphatic rings. The van der Waals surface area contributed by atoms with Gasteiger partial charge in [-0.05, 0) is 41.8 Å². The fourth-order valence-corrected chi connectivity index (χ4v) is 3.50. The van der Waals surface area contributed by atoms with E-state index < -0.39 is 0 Å². The van der Waals surface area contributed by atoms with Crippen molar-refractivity contribution in [2.75, 3.05) is 26.9 Å². The van der Waals surface area contributed by atoms with Crippen LogP contribution in [0.15, 0.2) is 16.8 Å². The number of rotatable bonds is 7. The van der Waals surface area contributed by atoms with Crippen molar-refractivity contribution in [1.29, 1.82) is 0 Å². The van der Waals surface area contributed by atoms with Gasteiger partial charge in [0.05, 0.1) is 5.60 Å². The molecule has 1 saturated heterocycles. The van der Waals surface area contributed by atoms with Gasteiger partial charge in [0.15, 0.2) is 0 Å². The van der Waals surface area contributed by atoms with Crippen LogP contribution in [-0.2, 0) is 15.9 Å². The molecule has 0 aromatic carbocycles. The van der Waals surface area contributed by atoms with Gasteiger partial charge in [0.25, 0.3) is 0 Å². The average Bonchev–Trinajstić information content (AvgIpc) is 2.97. The van der Waals surface area contributed by atoms with Crippen molar-refractivity contribution in [2.45, 2.75) is 44.2 Å². The predicted octanol–water partition coefficient (Wildman–Crippen LogP) is 2.85. The van der Waals surface area contributed by atoms with Gasteiger partial charge in [-0.3, -0.25) is 0 Å². The van der Waals surface area contributed by atoms with Gasteiger partial charge in [0.2, 0.25) is 0 Å². The first kappa shape index (κ1) is 15.0. The van der Waals surface area contributed by atoms with Gasteiger partial charge in [0, 0.05) is 39.2 Å². The predicted molar refractivity (Wildman–Crippen MR) is 79.9 cm³/mol. The first-order valence-electron chi connectivity index (χ1n) is 7.18. The monoisotopic (exact) mass is 283 g/mol. The Morgan fingerprint density at radius 1 is 1.47 bits per heavy atom. The van der Waals surface area contributed by atoms with Gasteiger partial charge in [-0.25, -0.2) is 0 Å². The summed E-state index contributed by atoms with van der Waals surface area (Å²) in [5.41, 5.74) is 1.33. The molecule has 0 bridgehead atoms. The van der Waals surface area contributed by atoms with Gasteiger partial charge in [-0.2, -0.15) is 11.3 Å². The summed E-state index contributed by atoms with van der Waals surface area (Å²) in [5, 5.41) is 8.08. The largest absolute Gasteiger partial charge is 0.381 e. The zero-order valence-corrected chi connectivity index (χ0v) is 12.8. The van der Waals surface area contributed by atoms with Crippen LogP contribution in [-0.4, -0.2) is 38.5 Å². The first-order valence-corrected chi connectivity index (χ1v) is 8.12. The van der Waals surface area contributed by atoms with Crippen LogP contribution in [0.2, 0.25) is 0 Å².